The van der Waals surface area contributed by atoms with Crippen LogP contribution in [0.15, 0.2) is 30.5 Å². The number of rotatable bonds is 4. The van der Waals surface area contributed by atoms with Crippen LogP contribution in [0.25, 0.3) is 10.9 Å². The van der Waals surface area contributed by atoms with Crippen molar-refractivity contribution < 1.29 is 18.3 Å². The lowest BCUT2D eigenvalue weighted by molar-refractivity contribution is 0.0947. The summed E-state index contributed by atoms with van der Waals surface area (Å²) in [4.78, 5) is 24.1. The number of nitrogens with two attached hydrogens (primary N) is 1. The third-order valence-electron chi connectivity index (χ3n) is 3.44. The number of nitrogen functional groups attached to an aromatic ring is 1. The zero-order valence-electron chi connectivity index (χ0n) is 13.1. The molecule has 0 spiro atoms. The molecule has 1 aromatic carbocycles. The Labute approximate surface area is 140 Å². The second-order valence-electron chi connectivity index (χ2n) is 5.05. The van der Waals surface area contributed by atoms with Crippen molar-refractivity contribution in [3.63, 3.8) is 0 Å². The second-order valence-corrected chi connectivity index (χ2v) is 5.05. The van der Waals surface area contributed by atoms with Crippen LogP contribution in [0.4, 0.5) is 14.7 Å². The number of carbonyl (C=O) groups is 1. The van der Waals surface area contributed by atoms with E-state index in [1.165, 1.54) is 7.11 Å². The first-order valence-corrected chi connectivity index (χ1v) is 7.18. The highest BCUT2D eigenvalue weighted by Crippen LogP contribution is 2.26. The van der Waals surface area contributed by atoms with Gasteiger partial charge in [-0.05, 0) is 6.07 Å². The molecule has 0 saturated carbocycles. The number of hydrogen-bond acceptors (Lipinski definition) is 6. The molecular weight excluding hydrogens is 332 g/mol. The van der Waals surface area contributed by atoms with E-state index in [2.05, 4.69) is 20.3 Å². The Morgan fingerprint density at radius 1 is 1.32 bits per heavy atom. The average molecular weight is 345 g/mol. The van der Waals surface area contributed by atoms with Crippen molar-refractivity contribution in [2.75, 3.05) is 12.8 Å². The van der Waals surface area contributed by atoms with Gasteiger partial charge < -0.3 is 15.8 Å². The number of halogens is 2. The quantitative estimate of drug-likeness (QED) is 0.748. The van der Waals surface area contributed by atoms with E-state index in [1.807, 2.05) is 0 Å². The molecule has 3 N–H and O–H groups in total. The molecule has 0 bridgehead atoms. The van der Waals surface area contributed by atoms with Crippen LogP contribution >= 0.6 is 0 Å². The van der Waals surface area contributed by atoms with Crippen LogP contribution in [0.1, 0.15) is 16.2 Å². The number of benzene rings is 1. The fourth-order valence-corrected chi connectivity index (χ4v) is 2.30. The standard InChI is InChI=1S/C16H13F2N5O2/c1-25-12-4-2-3-9-13(12)22-16(19)23-14(9)15(24)21-7-11-10(18)5-8(17)6-20-11/h2-6H,7H2,1H3,(H,21,24)(H2,19,22,23). The van der Waals surface area contributed by atoms with Gasteiger partial charge in [-0.2, -0.15) is 0 Å². The lowest BCUT2D eigenvalue weighted by Gasteiger charge is -2.10. The van der Waals surface area contributed by atoms with E-state index < -0.39 is 17.5 Å². The van der Waals surface area contributed by atoms with Crippen LogP contribution in [0.3, 0.4) is 0 Å². The number of aromatic nitrogens is 3. The minimum Gasteiger partial charge on any atom is -0.494 e. The molecular formula is C16H13F2N5O2. The number of fused-ring (bicyclic) bond motifs is 1. The Morgan fingerprint density at radius 2 is 2.12 bits per heavy atom. The highest BCUT2D eigenvalue weighted by Gasteiger charge is 2.17. The van der Waals surface area contributed by atoms with E-state index in [0.29, 0.717) is 22.7 Å². The summed E-state index contributed by atoms with van der Waals surface area (Å²) in [5.41, 5.74) is 5.96. The molecule has 2 heterocycles. The molecule has 3 aromatic rings. The fraction of sp³-hybridized carbons (Fsp3) is 0.125. The molecule has 1 amide bonds. The van der Waals surface area contributed by atoms with Crippen molar-refractivity contribution in [3.8, 4) is 5.75 Å². The number of amides is 1. The van der Waals surface area contributed by atoms with Gasteiger partial charge in [-0.25, -0.2) is 18.7 Å². The van der Waals surface area contributed by atoms with Crippen molar-refractivity contribution in [3.05, 3.63) is 53.5 Å². The summed E-state index contributed by atoms with van der Waals surface area (Å²) in [6, 6.07) is 5.69. The Kier molecular flexibility index (Phi) is 4.38. The Balaban J connectivity index is 1.92. The van der Waals surface area contributed by atoms with Crippen LogP contribution in [0.2, 0.25) is 0 Å². The van der Waals surface area contributed by atoms with Gasteiger partial charge in [-0.15, -0.1) is 0 Å². The van der Waals surface area contributed by atoms with E-state index >= 15 is 0 Å². The maximum Gasteiger partial charge on any atom is 0.271 e. The lowest BCUT2D eigenvalue weighted by Crippen LogP contribution is -2.25. The molecule has 25 heavy (non-hydrogen) atoms. The molecule has 0 aliphatic carbocycles. The zero-order chi connectivity index (χ0) is 18.0. The third kappa shape index (κ3) is 3.30. The largest absolute Gasteiger partial charge is 0.494 e. The van der Waals surface area contributed by atoms with Crippen LogP contribution in [0, 0.1) is 11.6 Å². The van der Waals surface area contributed by atoms with Gasteiger partial charge in [0.1, 0.15) is 28.6 Å². The number of nitrogens with one attached hydrogen (secondary N) is 1. The second kappa shape index (κ2) is 6.63. The molecule has 0 radical (unpaired) electrons. The molecule has 0 fully saturated rings. The first kappa shape index (κ1) is 16.5. The molecule has 0 aliphatic rings. The smallest absolute Gasteiger partial charge is 0.271 e. The van der Waals surface area contributed by atoms with Crippen LogP contribution in [-0.4, -0.2) is 28.0 Å². The highest BCUT2D eigenvalue weighted by molar-refractivity contribution is 6.05. The number of ether oxygens (including phenoxy) is 1. The third-order valence-corrected chi connectivity index (χ3v) is 3.44. The van der Waals surface area contributed by atoms with Gasteiger partial charge in [0, 0.05) is 11.5 Å². The minimum atomic E-state index is -0.853. The molecule has 0 unspecified atom stereocenters. The topological polar surface area (TPSA) is 103 Å². The summed E-state index contributed by atoms with van der Waals surface area (Å²) in [5.74, 6) is -1.92. The van der Waals surface area contributed by atoms with E-state index in [0.717, 1.165) is 6.20 Å². The summed E-state index contributed by atoms with van der Waals surface area (Å²) in [5, 5.41) is 2.91. The number of nitrogens with zero attached hydrogens (tertiary/aromatic N) is 3. The number of pyridine rings is 1. The Morgan fingerprint density at radius 3 is 2.84 bits per heavy atom. The van der Waals surface area contributed by atoms with E-state index in [1.54, 1.807) is 18.2 Å². The molecule has 0 atom stereocenters. The molecule has 0 aliphatic heterocycles. The number of methoxy groups -OCH3 is 1. The van der Waals surface area contributed by atoms with E-state index in [4.69, 9.17) is 10.5 Å². The van der Waals surface area contributed by atoms with Crippen molar-refractivity contribution in [1.82, 2.24) is 20.3 Å². The predicted octanol–water partition coefficient (Wildman–Crippen LogP) is 1.82. The number of para-hydroxylation sites is 1. The van der Waals surface area contributed by atoms with Gasteiger partial charge in [0.2, 0.25) is 5.95 Å². The average Bonchev–Trinajstić information content (AvgIpc) is 2.59. The van der Waals surface area contributed by atoms with Gasteiger partial charge in [0.25, 0.3) is 5.91 Å². The fourth-order valence-electron chi connectivity index (χ4n) is 2.30. The van der Waals surface area contributed by atoms with Gasteiger partial charge in [0.05, 0.1) is 25.5 Å². The van der Waals surface area contributed by atoms with E-state index in [9.17, 15) is 13.6 Å². The number of carbonyl (C=O) groups excluding carboxylic acids is 1. The Bertz CT molecular complexity index is 965. The first-order chi connectivity index (χ1) is 12.0. The summed E-state index contributed by atoms with van der Waals surface area (Å²) >= 11 is 0. The van der Waals surface area contributed by atoms with Gasteiger partial charge in [0.15, 0.2) is 0 Å². The maximum atomic E-state index is 13.6. The molecule has 7 nitrogen and oxygen atoms in total. The van der Waals surface area contributed by atoms with Gasteiger partial charge >= 0.3 is 0 Å². The Hall–Kier alpha value is -3.36. The van der Waals surface area contributed by atoms with Gasteiger partial charge in [-0.3, -0.25) is 9.78 Å². The molecule has 0 saturated heterocycles. The summed E-state index contributed by atoms with van der Waals surface area (Å²) < 4.78 is 31.7. The molecule has 128 valence electrons. The lowest BCUT2D eigenvalue weighted by atomic mass is 10.1. The molecule has 2 aromatic heterocycles. The highest BCUT2D eigenvalue weighted by atomic mass is 19.1. The SMILES string of the molecule is COc1cccc2c(C(=O)NCc3ncc(F)cc3F)nc(N)nc12. The minimum absolute atomic E-state index is 0.0175. The predicted molar refractivity (Wildman–Crippen MR) is 85.8 cm³/mol. The molecule has 9 heteroatoms. The monoisotopic (exact) mass is 345 g/mol. The summed E-state index contributed by atoms with van der Waals surface area (Å²) in [7, 11) is 1.47. The van der Waals surface area contributed by atoms with Gasteiger partial charge in [-0.1, -0.05) is 12.1 Å². The normalized spacial score (nSPS) is 10.7. The zero-order valence-corrected chi connectivity index (χ0v) is 13.1. The summed E-state index contributed by atoms with van der Waals surface area (Å²) in [6.45, 7) is -0.236. The van der Waals surface area contributed by atoms with E-state index in [-0.39, 0.29) is 23.9 Å². The summed E-state index contributed by atoms with van der Waals surface area (Å²) in [6.07, 6.45) is 0.869. The molecule has 3 rings (SSSR count). The van der Waals surface area contributed by atoms with Crippen molar-refractivity contribution in [1.29, 1.82) is 0 Å². The van der Waals surface area contributed by atoms with Crippen LogP contribution in [0.5, 0.6) is 5.75 Å². The van der Waals surface area contributed by atoms with Crippen molar-refractivity contribution in [2.45, 2.75) is 6.54 Å². The first-order valence-electron chi connectivity index (χ1n) is 7.18. The number of hydrogen-bond donors (Lipinski definition) is 2. The van der Waals surface area contributed by atoms with Crippen molar-refractivity contribution in [2.24, 2.45) is 0 Å². The van der Waals surface area contributed by atoms with Crippen LogP contribution in [-0.2, 0) is 6.54 Å². The van der Waals surface area contributed by atoms with Crippen molar-refractivity contribution >= 4 is 22.8 Å². The maximum absolute atomic E-state index is 13.6. The number of anilines is 1. The van der Waals surface area contributed by atoms with Crippen LogP contribution < -0.4 is 15.8 Å².